The van der Waals surface area contributed by atoms with E-state index in [0.29, 0.717) is 18.0 Å². The monoisotopic (exact) mass is 408 g/mol. The number of aryl methyl sites for hydroxylation is 2. The summed E-state index contributed by atoms with van der Waals surface area (Å²) in [5, 5.41) is 10.9. The molecule has 6 nitrogen and oxygen atoms in total. The second-order valence-corrected chi connectivity index (χ2v) is 6.96. The number of carbonyl (C=O) groups is 1. The Hall–Kier alpha value is -3.48. The van der Waals surface area contributed by atoms with Crippen LogP contribution in [0, 0.1) is 12.9 Å². The van der Waals surface area contributed by atoms with Crippen molar-refractivity contribution >= 4 is 17.3 Å². The predicted molar refractivity (Wildman–Crippen MR) is 116 cm³/mol. The molecule has 0 aliphatic rings. The summed E-state index contributed by atoms with van der Waals surface area (Å²) >= 11 is 0. The van der Waals surface area contributed by atoms with Crippen molar-refractivity contribution in [3.8, 4) is 11.1 Å². The number of hydrogen-bond acceptors (Lipinski definition) is 4. The molecule has 1 aromatic heterocycles. The number of halogens is 1. The Morgan fingerprint density at radius 1 is 1.20 bits per heavy atom. The highest BCUT2D eigenvalue weighted by atomic mass is 19.1. The van der Waals surface area contributed by atoms with Crippen molar-refractivity contribution in [2.24, 2.45) is 12.2 Å². The topological polar surface area (TPSA) is 68.5 Å². The summed E-state index contributed by atoms with van der Waals surface area (Å²) in [6, 6.07) is 15.2. The van der Waals surface area contributed by atoms with Crippen molar-refractivity contribution in [1.82, 2.24) is 9.78 Å². The highest BCUT2D eigenvalue weighted by Crippen LogP contribution is 2.29. The summed E-state index contributed by atoms with van der Waals surface area (Å²) in [6.45, 7) is 6.11. The smallest absolute Gasteiger partial charge is 0.262 e. The fourth-order valence-corrected chi connectivity index (χ4v) is 3.09. The van der Waals surface area contributed by atoms with Gasteiger partial charge in [-0.3, -0.25) is 4.79 Å². The first-order chi connectivity index (χ1) is 14.4. The van der Waals surface area contributed by atoms with E-state index in [4.69, 9.17) is 4.84 Å². The lowest BCUT2D eigenvalue weighted by Crippen LogP contribution is -2.15. The number of carbonyl (C=O) groups excluding carboxylic acids is 1. The maximum atomic E-state index is 14.2. The van der Waals surface area contributed by atoms with Gasteiger partial charge in [0.2, 0.25) is 5.95 Å². The van der Waals surface area contributed by atoms with Gasteiger partial charge < -0.3 is 10.2 Å². The molecule has 0 saturated heterocycles. The molecule has 7 heteroatoms. The second-order valence-electron chi connectivity index (χ2n) is 6.96. The molecule has 0 spiro atoms. The van der Waals surface area contributed by atoms with Crippen LogP contribution in [0.2, 0.25) is 0 Å². The zero-order valence-corrected chi connectivity index (χ0v) is 17.6. The predicted octanol–water partition coefficient (Wildman–Crippen LogP) is 4.94. The SMILES string of the molecule is CCCO/N=C(\C)c1ccc(-c2ccccc2NC(=O)c2c(C)nn(C)c2F)cc1. The van der Waals surface area contributed by atoms with Gasteiger partial charge in [0.1, 0.15) is 12.2 Å². The van der Waals surface area contributed by atoms with Crippen LogP contribution < -0.4 is 5.32 Å². The average molecular weight is 408 g/mol. The standard InChI is InChI=1S/C23H25FN4O2/c1-5-14-30-27-15(2)17-10-12-18(13-11-17)19-8-6-7-9-20(19)25-23(29)21-16(3)26-28(4)22(21)24/h6-13H,5,14H2,1-4H3,(H,25,29)/b27-15+. The van der Waals surface area contributed by atoms with Gasteiger partial charge in [-0.05, 0) is 37.5 Å². The molecule has 0 atom stereocenters. The number of nitrogens with zero attached hydrogens (tertiary/aromatic N) is 3. The van der Waals surface area contributed by atoms with Crippen LogP contribution in [0.5, 0.6) is 0 Å². The Morgan fingerprint density at radius 2 is 1.90 bits per heavy atom. The molecular weight excluding hydrogens is 383 g/mol. The van der Waals surface area contributed by atoms with Crippen molar-refractivity contribution in [2.45, 2.75) is 27.2 Å². The third kappa shape index (κ3) is 4.56. The molecule has 0 fully saturated rings. The van der Waals surface area contributed by atoms with Crippen LogP contribution in [0.1, 0.15) is 41.9 Å². The van der Waals surface area contributed by atoms with Gasteiger partial charge in [0.15, 0.2) is 0 Å². The molecule has 156 valence electrons. The van der Waals surface area contributed by atoms with Crippen LogP contribution in [0.15, 0.2) is 53.7 Å². The molecule has 2 aromatic carbocycles. The molecule has 0 aliphatic carbocycles. The average Bonchev–Trinajstić information content (AvgIpc) is 3.00. The van der Waals surface area contributed by atoms with E-state index < -0.39 is 11.9 Å². The van der Waals surface area contributed by atoms with Crippen LogP contribution in [0.4, 0.5) is 10.1 Å². The van der Waals surface area contributed by atoms with Crippen molar-refractivity contribution in [3.63, 3.8) is 0 Å². The number of oxime groups is 1. The number of amides is 1. The molecule has 1 amide bonds. The maximum absolute atomic E-state index is 14.2. The van der Waals surface area contributed by atoms with Gasteiger partial charge in [-0.1, -0.05) is 54.5 Å². The third-order valence-corrected chi connectivity index (χ3v) is 4.67. The lowest BCUT2D eigenvalue weighted by Gasteiger charge is -2.12. The molecule has 1 heterocycles. The summed E-state index contributed by atoms with van der Waals surface area (Å²) < 4.78 is 15.3. The molecule has 30 heavy (non-hydrogen) atoms. The fourth-order valence-electron chi connectivity index (χ4n) is 3.09. The number of benzene rings is 2. The minimum atomic E-state index is -0.660. The molecular formula is C23H25FN4O2. The van der Waals surface area contributed by atoms with E-state index in [9.17, 15) is 9.18 Å². The summed E-state index contributed by atoms with van der Waals surface area (Å²) in [4.78, 5) is 17.9. The van der Waals surface area contributed by atoms with Crippen LogP contribution in [0.3, 0.4) is 0 Å². The summed E-state index contributed by atoms with van der Waals surface area (Å²) in [6.07, 6.45) is 0.903. The number of nitrogens with one attached hydrogen (secondary N) is 1. The van der Waals surface area contributed by atoms with Crippen LogP contribution in [-0.4, -0.2) is 28.0 Å². The van der Waals surface area contributed by atoms with Gasteiger partial charge in [-0.15, -0.1) is 0 Å². The van der Waals surface area contributed by atoms with Gasteiger partial charge in [0.05, 0.1) is 11.4 Å². The van der Waals surface area contributed by atoms with Crippen LogP contribution >= 0.6 is 0 Å². The fraction of sp³-hybridized carbons (Fsp3) is 0.261. The Kier molecular flexibility index (Phi) is 6.61. The lowest BCUT2D eigenvalue weighted by molar-refractivity contribution is 0.102. The molecule has 0 bridgehead atoms. The van der Waals surface area contributed by atoms with E-state index in [1.165, 1.54) is 7.05 Å². The van der Waals surface area contributed by atoms with E-state index in [-0.39, 0.29) is 5.56 Å². The Morgan fingerprint density at radius 3 is 2.53 bits per heavy atom. The normalized spacial score (nSPS) is 11.4. The first-order valence-electron chi connectivity index (χ1n) is 9.79. The first-order valence-corrected chi connectivity index (χ1v) is 9.79. The molecule has 0 radical (unpaired) electrons. The third-order valence-electron chi connectivity index (χ3n) is 4.67. The zero-order chi connectivity index (χ0) is 21.7. The Labute approximate surface area is 175 Å². The number of para-hydroxylation sites is 1. The lowest BCUT2D eigenvalue weighted by atomic mass is 10.0. The van der Waals surface area contributed by atoms with E-state index >= 15 is 0 Å². The number of anilines is 1. The minimum absolute atomic E-state index is 0.0541. The van der Waals surface area contributed by atoms with Crippen molar-refractivity contribution in [1.29, 1.82) is 0 Å². The molecule has 3 aromatic rings. The van der Waals surface area contributed by atoms with E-state index in [0.717, 1.165) is 33.5 Å². The van der Waals surface area contributed by atoms with Crippen LogP contribution in [0.25, 0.3) is 11.1 Å². The molecule has 0 unspecified atom stereocenters. The number of hydrogen-bond donors (Lipinski definition) is 1. The Bertz CT molecular complexity index is 1070. The molecule has 3 rings (SSSR count). The highest BCUT2D eigenvalue weighted by molar-refractivity contribution is 6.07. The van der Waals surface area contributed by atoms with Crippen molar-refractivity contribution < 1.29 is 14.0 Å². The summed E-state index contributed by atoms with van der Waals surface area (Å²) in [7, 11) is 1.47. The summed E-state index contributed by atoms with van der Waals surface area (Å²) in [5.41, 5.74) is 4.37. The van der Waals surface area contributed by atoms with Gasteiger partial charge in [-0.25, -0.2) is 4.68 Å². The zero-order valence-electron chi connectivity index (χ0n) is 17.6. The number of aromatic nitrogens is 2. The van der Waals surface area contributed by atoms with Gasteiger partial charge in [-0.2, -0.15) is 9.49 Å². The van der Waals surface area contributed by atoms with Crippen molar-refractivity contribution in [2.75, 3.05) is 11.9 Å². The minimum Gasteiger partial charge on any atom is -0.396 e. The van der Waals surface area contributed by atoms with Gasteiger partial charge in [0, 0.05) is 18.3 Å². The summed E-state index contributed by atoms with van der Waals surface area (Å²) in [5.74, 6) is -1.19. The molecule has 0 aliphatic heterocycles. The van der Waals surface area contributed by atoms with Crippen LogP contribution in [-0.2, 0) is 11.9 Å². The highest BCUT2D eigenvalue weighted by Gasteiger charge is 2.21. The van der Waals surface area contributed by atoms with E-state index in [1.54, 1.807) is 13.0 Å². The second kappa shape index (κ2) is 9.35. The van der Waals surface area contributed by atoms with Gasteiger partial charge in [0.25, 0.3) is 5.91 Å². The molecule has 1 N–H and O–H groups in total. The number of rotatable bonds is 7. The first kappa shape index (κ1) is 21.2. The van der Waals surface area contributed by atoms with E-state index in [1.807, 2.05) is 56.3 Å². The maximum Gasteiger partial charge on any atom is 0.262 e. The van der Waals surface area contributed by atoms with Crippen molar-refractivity contribution in [3.05, 3.63) is 71.3 Å². The molecule has 0 saturated carbocycles. The Balaban J connectivity index is 1.85. The van der Waals surface area contributed by atoms with E-state index in [2.05, 4.69) is 15.6 Å². The quantitative estimate of drug-likeness (QED) is 0.342. The largest absolute Gasteiger partial charge is 0.396 e. The van der Waals surface area contributed by atoms with Gasteiger partial charge >= 0.3 is 0 Å².